The van der Waals surface area contributed by atoms with Gasteiger partial charge < -0.3 is 18.9 Å². The largest absolute Gasteiger partial charge is 0.495 e. The second-order valence-corrected chi connectivity index (χ2v) is 8.44. The number of nitrogens with zero attached hydrogens (tertiary/aromatic N) is 1. The number of carbonyl (C=O) groups is 3. The highest BCUT2D eigenvalue weighted by atomic mass is 127. The molecule has 4 amide bonds. The van der Waals surface area contributed by atoms with Gasteiger partial charge in [0.15, 0.2) is 11.5 Å². The summed E-state index contributed by atoms with van der Waals surface area (Å²) in [4.78, 5) is 39.5. The number of amides is 4. The minimum absolute atomic E-state index is 0.0425. The highest BCUT2D eigenvalue weighted by Crippen LogP contribution is 2.40. The molecule has 182 valence electrons. The monoisotopic (exact) mass is 610 g/mol. The summed E-state index contributed by atoms with van der Waals surface area (Å²) in [6.45, 7) is 2.20. The van der Waals surface area contributed by atoms with Gasteiger partial charge in [0.1, 0.15) is 23.7 Å². The van der Waals surface area contributed by atoms with Crippen LogP contribution in [0.1, 0.15) is 12.5 Å². The number of anilines is 1. The normalized spacial score (nSPS) is 14.5. The van der Waals surface area contributed by atoms with Gasteiger partial charge >= 0.3 is 6.03 Å². The van der Waals surface area contributed by atoms with Crippen molar-refractivity contribution in [1.29, 1.82) is 0 Å². The van der Waals surface area contributed by atoms with Gasteiger partial charge in [-0.2, -0.15) is 0 Å². The summed E-state index contributed by atoms with van der Waals surface area (Å²) < 4.78 is 22.4. The van der Waals surface area contributed by atoms with Crippen molar-refractivity contribution in [3.05, 3.63) is 44.0 Å². The minimum Gasteiger partial charge on any atom is -0.495 e. The predicted molar refractivity (Wildman–Crippen MR) is 138 cm³/mol. The lowest BCUT2D eigenvalue weighted by Gasteiger charge is -2.28. The number of hydrogen-bond acceptors (Lipinski definition) is 7. The van der Waals surface area contributed by atoms with E-state index in [-0.39, 0.29) is 34.4 Å². The fourth-order valence-electron chi connectivity index (χ4n) is 3.25. The molecule has 2 aromatic carbocycles. The van der Waals surface area contributed by atoms with Crippen LogP contribution in [-0.4, -0.2) is 45.3 Å². The third kappa shape index (κ3) is 5.47. The SMILES string of the molecule is C#CCOc1c(I)cc(/C=C2\C(=O)NC(=O)N(c3cc(OC)c(Cl)cc3OC)C2=O)cc1OCC. The number of rotatable bonds is 8. The number of barbiturate groups is 1. The van der Waals surface area contributed by atoms with Crippen LogP contribution in [0.5, 0.6) is 23.0 Å². The molecule has 11 heteroatoms. The molecule has 0 atom stereocenters. The lowest BCUT2D eigenvalue weighted by Crippen LogP contribution is -2.54. The van der Waals surface area contributed by atoms with Gasteiger partial charge in [-0.15, -0.1) is 6.42 Å². The van der Waals surface area contributed by atoms with Crippen molar-refractivity contribution < 1.29 is 33.3 Å². The van der Waals surface area contributed by atoms with E-state index in [9.17, 15) is 14.4 Å². The Balaban J connectivity index is 2.09. The molecule has 1 heterocycles. The number of imide groups is 2. The quantitative estimate of drug-likeness (QED) is 0.208. The lowest BCUT2D eigenvalue weighted by molar-refractivity contribution is -0.122. The Labute approximate surface area is 220 Å². The van der Waals surface area contributed by atoms with Crippen LogP contribution in [0.3, 0.4) is 0 Å². The fourth-order valence-corrected chi connectivity index (χ4v) is 4.26. The van der Waals surface area contributed by atoms with Gasteiger partial charge in [-0.3, -0.25) is 14.9 Å². The van der Waals surface area contributed by atoms with E-state index in [4.69, 9.17) is 37.0 Å². The molecule has 3 rings (SSSR count). The Morgan fingerprint density at radius 3 is 2.43 bits per heavy atom. The van der Waals surface area contributed by atoms with Gasteiger partial charge in [-0.05, 0) is 53.3 Å². The standard InChI is InChI=1S/C24H20ClIN2O7/c1-5-7-35-21-16(26)9-13(10-20(21)34-6-2)8-14-22(29)27-24(31)28(23(14)30)17-12-18(32-3)15(25)11-19(17)33-4/h1,8-12H,6-7H2,2-4H3,(H,27,29,31)/b14-8+. The topological polar surface area (TPSA) is 103 Å². The summed E-state index contributed by atoms with van der Waals surface area (Å²) in [5.74, 6) is 1.87. The van der Waals surface area contributed by atoms with Crippen molar-refractivity contribution in [2.45, 2.75) is 6.92 Å². The average Bonchev–Trinajstić information content (AvgIpc) is 2.82. The summed E-state index contributed by atoms with van der Waals surface area (Å²) in [6.07, 6.45) is 6.64. The average molecular weight is 611 g/mol. The number of hydrogen-bond donors (Lipinski definition) is 1. The number of nitrogens with one attached hydrogen (secondary N) is 1. The van der Waals surface area contributed by atoms with Gasteiger partial charge in [-0.1, -0.05) is 17.5 Å². The molecule has 1 fully saturated rings. The zero-order valence-corrected chi connectivity index (χ0v) is 21.9. The van der Waals surface area contributed by atoms with Crippen LogP contribution in [0.4, 0.5) is 10.5 Å². The number of urea groups is 1. The van der Waals surface area contributed by atoms with Crippen LogP contribution >= 0.6 is 34.2 Å². The smallest absolute Gasteiger partial charge is 0.336 e. The second kappa shape index (κ2) is 11.3. The van der Waals surface area contributed by atoms with Gasteiger partial charge in [0.05, 0.1) is 35.1 Å². The van der Waals surface area contributed by atoms with Crippen molar-refractivity contribution in [2.24, 2.45) is 0 Å². The fraction of sp³-hybridized carbons (Fsp3) is 0.208. The molecule has 1 N–H and O–H groups in total. The molecule has 1 aliphatic rings. The van der Waals surface area contributed by atoms with E-state index in [1.165, 1.54) is 32.4 Å². The van der Waals surface area contributed by atoms with Crippen molar-refractivity contribution in [2.75, 3.05) is 32.3 Å². The molecule has 0 aliphatic carbocycles. The Kier molecular flexibility index (Phi) is 8.48. The number of halogens is 2. The zero-order chi connectivity index (χ0) is 25.7. The zero-order valence-electron chi connectivity index (χ0n) is 18.9. The molecule has 0 bridgehead atoms. The van der Waals surface area contributed by atoms with Crippen LogP contribution in [0.25, 0.3) is 6.08 Å². The van der Waals surface area contributed by atoms with E-state index >= 15 is 0 Å². The molecule has 35 heavy (non-hydrogen) atoms. The van der Waals surface area contributed by atoms with Gasteiger partial charge in [0.2, 0.25) is 0 Å². The third-order valence-corrected chi connectivity index (χ3v) is 5.84. The molecular formula is C24H20ClIN2O7. The van der Waals surface area contributed by atoms with Crippen LogP contribution in [-0.2, 0) is 9.59 Å². The van der Waals surface area contributed by atoms with E-state index in [0.717, 1.165) is 4.90 Å². The van der Waals surface area contributed by atoms with Crippen LogP contribution in [0.2, 0.25) is 5.02 Å². The Hall–Kier alpha value is -3.43. The number of carbonyl (C=O) groups excluding carboxylic acids is 3. The second-order valence-electron chi connectivity index (χ2n) is 6.87. The van der Waals surface area contributed by atoms with Crippen molar-refractivity contribution in [3.63, 3.8) is 0 Å². The van der Waals surface area contributed by atoms with Crippen molar-refractivity contribution >= 4 is 63.8 Å². The molecule has 0 saturated carbocycles. The number of methoxy groups -OCH3 is 2. The Morgan fingerprint density at radius 1 is 1.09 bits per heavy atom. The maximum absolute atomic E-state index is 13.4. The summed E-state index contributed by atoms with van der Waals surface area (Å²) in [6, 6.07) is 5.14. The van der Waals surface area contributed by atoms with Crippen LogP contribution < -0.4 is 29.2 Å². The molecule has 1 saturated heterocycles. The molecule has 0 radical (unpaired) electrons. The predicted octanol–water partition coefficient (Wildman–Crippen LogP) is 4.04. The van der Waals surface area contributed by atoms with E-state index in [2.05, 4.69) is 11.2 Å². The summed E-state index contributed by atoms with van der Waals surface area (Å²) in [5, 5.41) is 2.39. The maximum Gasteiger partial charge on any atom is 0.336 e. The Bertz CT molecular complexity index is 1270. The molecule has 0 spiro atoms. The first-order chi connectivity index (χ1) is 16.7. The molecule has 1 aliphatic heterocycles. The number of ether oxygens (including phenoxy) is 4. The van der Waals surface area contributed by atoms with Crippen molar-refractivity contribution in [1.82, 2.24) is 5.32 Å². The molecular weight excluding hydrogens is 591 g/mol. The van der Waals surface area contributed by atoms with E-state index in [1.54, 1.807) is 19.1 Å². The minimum atomic E-state index is -0.942. The first kappa shape index (κ1) is 26.2. The molecule has 9 nitrogen and oxygen atoms in total. The number of terminal acetylenes is 1. The summed E-state index contributed by atoms with van der Waals surface area (Å²) in [7, 11) is 2.75. The Morgan fingerprint density at radius 2 is 1.80 bits per heavy atom. The lowest BCUT2D eigenvalue weighted by atomic mass is 10.1. The first-order valence-corrected chi connectivity index (χ1v) is 11.6. The van der Waals surface area contributed by atoms with Gasteiger partial charge in [-0.25, -0.2) is 9.69 Å². The van der Waals surface area contributed by atoms with Crippen LogP contribution in [0.15, 0.2) is 29.8 Å². The highest BCUT2D eigenvalue weighted by Gasteiger charge is 2.38. The van der Waals surface area contributed by atoms with E-state index in [1.807, 2.05) is 22.6 Å². The first-order valence-electron chi connectivity index (χ1n) is 10.1. The maximum atomic E-state index is 13.4. The van der Waals surface area contributed by atoms with E-state index in [0.29, 0.717) is 27.2 Å². The van der Waals surface area contributed by atoms with E-state index < -0.39 is 17.8 Å². The summed E-state index contributed by atoms with van der Waals surface area (Å²) in [5.41, 5.74) is 0.243. The molecule has 0 aromatic heterocycles. The molecule has 0 unspecified atom stereocenters. The summed E-state index contributed by atoms with van der Waals surface area (Å²) >= 11 is 8.18. The van der Waals surface area contributed by atoms with Crippen LogP contribution in [0, 0.1) is 15.9 Å². The van der Waals surface area contributed by atoms with Gasteiger partial charge in [0, 0.05) is 12.1 Å². The van der Waals surface area contributed by atoms with Gasteiger partial charge in [0.25, 0.3) is 11.8 Å². The van der Waals surface area contributed by atoms with Crippen molar-refractivity contribution in [3.8, 4) is 35.3 Å². The third-order valence-electron chi connectivity index (χ3n) is 4.74. The highest BCUT2D eigenvalue weighted by molar-refractivity contribution is 14.1. The molecule has 2 aromatic rings. The number of benzene rings is 2.